The third-order valence-corrected chi connectivity index (χ3v) is 3.71. The zero-order chi connectivity index (χ0) is 15.7. The Morgan fingerprint density at radius 1 is 1.32 bits per heavy atom. The molecule has 1 aliphatic carbocycles. The molecule has 2 aromatic rings. The van der Waals surface area contributed by atoms with Crippen molar-refractivity contribution < 1.29 is 17.6 Å². The van der Waals surface area contributed by atoms with Crippen molar-refractivity contribution in [2.45, 2.75) is 38.5 Å². The Labute approximate surface area is 125 Å². The predicted molar refractivity (Wildman–Crippen MR) is 72.8 cm³/mol. The summed E-state index contributed by atoms with van der Waals surface area (Å²) in [4.78, 5) is 0. The van der Waals surface area contributed by atoms with Gasteiger partial charge in [-0.2, -0.15) is 13.2 Å². The smallest absolute Gasteiger partial charge is 0.416 e. The summed E-state index contributed by atoms with van der Waals surface area (Å²) in [5.41, 5.74) is 0.0275. The van der Waals surface area contributed by atoms with Gasteiger partial charge in [0.05, 0.1) is 12.1 Å². The van der Waals surface area contributed by atoms with E-state index in [9.17, 15) is 13.2 Å². The lowest BCUT2D eigenvalue weighted by Gasteiger charge is -2.19. The summed E-state index contributed by atoms with van der Waals surface area (Å²) in [7, 11) is 0. The van der Waals surface area contributed by atoms with Gasteiger partial charge >= 0.3 is 6.18 Å². The van der Waals surface area contributed by atoms with Crippen LogP contribution in [0.25, 0.3) is 0 Å². The Morgan fingerprint density at radius 2 is 2.09 bits per heavy atom. The van der Waals surface area contributed by atoms with Crippen molar-refractivity contribution in [3.63, 3.8) is 0 Å². The average molecular weight is 311 g/mol. The van der Waals surface area contributed by atoms with Gasteiger partial charge in [-0.25, -0.2) is 0 Å². The zero-order valence-electron chi connectivity index (χ0n) is 12.0. The number of hydrogen-bond acceptors (Lipinski definition) is 4. The molecular formula is C15H16F3N3O. The SMILES string of the molecule is Cc1nnc(CN[C@H](c2cccc(C(F)(F)F)c2)C2CC2)o1. The highest BCUT2D eigenvalue weighted by Gasteiger charge is 2.35. The molecule has 1 saturated carbocycles. The second kappa shape index (κ2) is 5.72. The molecule has 0 aliphatic heterocycles. The summed E-state index contributed by atoms with van der Waals surface area (Å²) in [5, 5.41) is 10.9. The summed E-state index contributed by atoms with van der Waals surface area (Å²) in [6, 6.07) is 5.36. The quantitative estimate of drug-likeness (QED) is 0.916. The first kappa shape index (κ1) is 15.0. The van der Waals surface area contributed by atoms with Gasteiger partial charge in [0, 0.05) is 13.0 Å². The number of halogens is 3. The average Bonchev–Trinajstić information content (AvgIpc) is 3.21. The Balaban J connectivity index is 1.76. The first-order valence-corrected chi connectivity index (χ1v) is 7.13. The minimum absolute atomic E-state index is 0.130. The van der Waals surface area contributed by atoms with Crippen LogP contribution >= 0.6 is 0 Å². The molecular weight excluding hydrogens is 295 g/mol. The van der Waals surface area contributed by atoms with Gasteiger partial charge in [-0.3, -0.25) is 0 Å². The first-order chi connectivity index (χ1) is 10.4. The summed E-state index contributed by atoms with van der Waals surface area (Å²) in [6.45, 7) is 2.04. The summed E-state index contributed by atoms with van der Waals surface area (Å²) in [5.74, 6) is 1.27. The summed E-state index contributed by atoms with van der Waals surface area (Å²) in [6.07, 6.45) is -2.30. The van der Waals surface area contributed by atoms with Crippen LogP contribution in [0.5, 0.6) is 0 Å². The topological polar surface area (TPSA) is 51.0 Å². The van der Waals surface area contributed by atoms with Crippen LogP contribution in [0.2, 0.25) is 0 Å². The van der Waals surface area contributed by atoms with Crippen molar-refractivity contribution in [1.29, 1.82) is 0 Å². The Bertz CT molecular complexity index is 649. The van der Waals surface area contributed by atoms with Gasteiger partial charge in [-0.1, -0.05) is 12.1 Å². The van der Waals surface area contributed by atoms with Gasteiger partial charge in [0.2, 0.25) is 11.8 Å². The molecule has 0 amide bonds. The molecule has 1 heterocycles. The van der Waals surface area contributed by atoms with E-state index < -0.39 is 11.7 Å². The molecule has 22 heavy (non-hydrogen) atoms. The molecule has 1 N–H and O–H groups in total. The van der Waals surface area contributed by atoms with Crippen molar-refractivity contribution in [2.75, 3.05) is 0 Å². The van der Waals surface area contributed by atoms with E-state index in [0.717, 1.165) is 18.9 Å². The lowest BCUT2D eigenvalue weighted by Crippen LogP contribution is -2.23. The fraction of sp³-hybridized carbons (Fsp3) is 0.467. The maximum atomic E-state index is 12.8. The molecule has 7 heteroatoms. The molecule has 4 nitrogen and oxygen atoms in total. The van der Waals surface area contributed by atoms with E-state index >= 15 is 0 Å². The van der Waals surface area contributed by atoms with E-state index in [2.05, 4.69) is 15.5 Å². The number of hydrogen-bond donors (Lipinski definition) is 1. The highest BCUT2D eigenvalue weighted by atomic mass is 19.4. The maximum absolute atomic E-state index is 12.8. The van der Waals surface area contributed by atoms with Crippen LogP contribution in [0, 0.1) is 12.8 Å². The Morgan fingerprint density at radius 3 is 2.68 bits per heavy atom. The molecule has 3 rings (SSSR count). The molecule has 1 aliphatic rings. The molecule has 0 spiro atoms. The van der Waals surface area contributed by atoms with Gasteiger partial charge in [-0.05, 0) is 36.5 Å². The van der Waals surface area contributed by atoms with Gasteiger partial charge < -0.3 is 9.73 Å². The summed E-state index contributed by atoms with van der Waals surface area (Å²) < 4.78 is 43.8. The minimum Gasteiger partial charge on any atom is -0.424 e. The molecule has 0 bridgehead atoms. The van der Waals surface area contributed by atoms with E-state index in [1.807, 2.05) is 0 Å². The van der Waals surface area contributed by atoms with Crippen LogP contribution in [0.15, 0.2) is 28.7 Å². The number of alkyl halides is 3. The molecule has 1 aromatic heterocycles. The van der Waals surface area contributed by atoms with Crippen LogP contribution in [-0.4, -0.2) is 10.2 Å². The molecule has 1 fully saturated rings. The van der Waals surface area contributed by atoms with Crippen molar-refractivity contribution in [1.82, 2.24) is 15.5 Å². The lowest BCUT2D eigenvalue weighted by molar-refractivity contribution is -0.137. The van der Waals surface area contributed by atoms with Crippen molar-refractivity contribution in [2.24, 2.45) is 5.92 Å². The fourth-order valence-electron chi connectivity index (χ4n) is 2.50. The van der Waals surface area contributed by atoms with Crippen LogP contribution in [0.3, 0.4) is 0 Å². The maximum Gasteiger partial charge on any atom is 0.416 e. The van der Waals surface area contributed by atoms with Crippen LogP contribution in [-0.2, 0) is 12.7 Å². The number of benzene rings is 1. The Hall–Kier alpha value is -1.89. The van der Waals surface area contributed by atoms with Gasteiger partial charge in [0.15, 0.2) is 0 Å². The highest BCUT2D eigenvalue weighted by Crippen LogP contribution is 2.42. The van der Waals surface area contributed by atoms with Crippen molar-refractivity contribution >= 4 is 0 Å². The number of aryl methyl sites for hydroxylation is 1. The molecule has 118 valence electrons. The molecule has 0 saturated heterocycles. The number of rotatable bonds is 5. The number of nitrogens with zero attached hydrogens (tertiary/aromatic N) is 2. The standard InChI is InChI=1S/C15H16F3N3O/c1-9-20-21-13(22-9)8-19-14(10-5-6-10)11-3-2-4-12(7-11)15(16,17)18/h2-4,7,10,14,19H,5-6,8H2,1H3/t14-/m0/s1. The lowest BCUT2D eigenvalue weighted by atomic mass is 10.00. The predicted octanol–water partition coefficient (Wildman–Crippen LogP) is 3.64. The third kappa shape index (κ3) is 3.47. The van der Waals surface area contributed by atoms with Crippen LogP contribution < -0.4 is 5.32 Å². The highest BCUT2D eigenvalue weighted by molar-refractivity contribution is 5.29. The van der Waals surface area contributed by atoms with E-state index in [4.69, 9.17) is 4.42 Å². The van der Waals surface area contributed by atoms with Gasteiger partial charge in [-0.15, -0.1) is 10.2 Å². The van der Waals surface area contributed by atoms with Crippen LogP contribution in [0.4, 0.5) is 13.2 Å². The first-order valence-electron chi connectivity index (χ1n) is 7.13. The zero-order valence-corrected chi connectivity index (χ0v) is 12.0. The minimum atomic E-state index is -4.33. The van der Waals surface area contributed by atoms with Crippen molar-refractivity contribution in [3.8, 4) is 0 Å². The monoisotopic (exact) mass is 311 g/mol. The number of nitrogens with one attached hydrogen (secondary N) is 1. The Kier molecular flexibility index (Phi) is 3.90. The summed E-state index contributed by atoms with van der Waals surface area (Å²) >= 11 is 0. The van der Waals surface area contributed by atoms with Gasteiger partial charge in [0.1, 0.15) is 0 Å². The molecule has 0 radical (unpaired) electrons. The second-order valence-electron chi connectivity index (χ2n) is 5.53. The van der Waals surface area contributed by atoms with E-state index in [0.29, 0.717) is 29.8 Å². The van der Waals surface area contributed by atoms with Crippen LogP contribution in [0.1, 0.15) is 41.8 Å². The number of aromatic nitrogens is 2. The second-order valence-corrected chi connectivity index (χ2v) is 5.53. The molecule has 0 unspecified atom stereocenters. The largest absolute Gasteiger partial charge is 0.424 e. The molecule has 1 aromatic carbocycles. The fourth-order valence-corrected chi connectivity index (χ4v) is 2.50. The normalized spacial score (nSPS) is 16.7. The van der Waals surface area contributed by atoms with E-state index in [-0.39, 0.29) is 6.04 Å². The van der Waals surface area contributed by atoms with E-state index in [1.165, 1.54) is 12.1 Å². The molecule has 1 atom stereocenters. The van der Waals surface area contributed by atoms with Crippen molar-refractivity contribution in [3.05, 3.63) is 47.2 Å². The van der Waals surface area contributed by atoms with Gasteiger partial charge in [0.25, 0.3) is 0 Å². The third-order valence-electron chi connectivity index (χ3n) is 3.71. The van der Waals surface area contributed by atoms with E-state index in [1.54, 1.807) is 13.0 Å².